The summed E-state index contributed by atoms with van der Waals surface area (Å²) in [7, 11) is 0. The molecule has 1 N–H and O–H groups in total. The maximum atomic E-state index is 13.0. The van der Waals surface area contributed by atoms with E-state index in [1.165, 1.54) is 30.3 Å². The van der Waals surface area contributed by atoms with Gasteiger partial charge in [0.05, 0.1) is 4.92 Å². The van der Waals surface area contributed by atoms with Crippen molar-refractivity contribution >= 4 is 17.3 Å². The first-order valence-electron chi connectivity index (χ1n) is 9.28. The quantitative estimate of drug-likeness (QED) is 0.450. The Bertz CT molecular complexity index is 820. The third-order valence-corrected chi connectivity index (χ3v) is 4.82. The van der Waals surface area contributed by atoms with Gasteiger partial charge in [-0.2, -0.15) is 0 Å². The SMILES string of the molecule is O=C(NCCCN1CCN(c2ccc(F)cc2)CC1)c1cccc([N+](=O)[O-])c1. The van der Waals surface area contributed by atoms with E-state index in [4.69, 9.17) is 0 Å². The summed E-state index contributed by atoms with van der Waals surface area (Å²) in [4.78, 5) is 27.0. The van der Waals surface area contributed by atoms with Crippen LogP contribution < -0.4 is 10.2 Å². The van der Waals surface area contributed by atoms with Crippen LogP contribution in [0.3, 0.4) is 0 Å². The van der Waals surface area contributed by atoms with Crippen LogP contribution in [0.2, 0.25) is 0 Å². The molecule has 1 amide bonds. The highest BCUT2D eigenvalue weighted by Gasteiger charge is 2.17. The number of piperazine rings is 1. The van der Waals surface area contributed by atoms with Gasteiger partial charge in [-0.1, -0.05) is 6.07 Å². The molecule has 0 aromatic heterocycles. The third-order valence-electron chi connectivity index (χ3n) is 4.82. The van der Waals surface area contributed by atoms with Crippen molar-refractivity contribution in [3.8, 4) is 0 Å². The van der Waals surface area contributed by atoms with Gasteiger partial charge >= 0.3 is 0 Å². The monoisotopic (exact) mass is 386 g/mol. The molecule has 0 unspecified atom stereocenters. The van der Waals surface area contributed by atoms with Crippen LogP contribution in [0.4, 0.5) is 15.8 Å². The molecule has 0 atom stereocenters. The molecule has 1 aliphatic heterocycles. The Kier molecular flexibility index (Phi) is 6.54. The fourth-order valence-electron chi connectivity index (χ4n) is 3.25. The van der Waals surface area contributed by atoms with Crippen LogP contribution in [-0.2, 0) is 0 Å². The van der Waals surface area contributed by atoms with E-state index in [1.807, 2.05) is 0 Å². The average molecular weight is 386 g/mol. The zero-order chi connectivity index (χ0) is 19.9. The van der Waals surface area contributed by atoms with Gasteiger partial charge in [0.25, 0.3) is 11.6 Å². The topological polar surface area (TPSA) is 78.7 Å². The number of non-ortho nitro benzene ring substituents is 1. The molecule has 7 nitrogen and oxygen atoms in total. The number of nitro groups is 1. The molecule has 0 spiro atoms. The lowest BCUT2D eigenvalue weighted by molar-refractivity contribution is -0.384. The fraction of sp³-hybridized carbons (Fsp3) is 0.350. The second-order valence-corrected chi connectivity index (χ2v) is 6.72. The van der Waals surface area contributed by atoms with Crippen LogP contribution in [0.1, 0.15) is 16.8 Å². The molecular formula is C20H23FN4O3. The largest absolute Gasteiger partial charge is 0.369 e. The van der Waals surface area contributed by atoms with Gasteiger partial charge in [0.15, 0.2) is 0 Å². The fourth-order valence-corrected chi connectivity index (χ4v) is 3.25. The second kappa shape index (κ2) is 9.27. The Hall–Kier alpha value is -3.00. The number of nitro benzene ring substituents is 1. The Balaban J connectivity index is 1.37. The number of hydrogen-bond acceptors (Lipinski definition) is 5. The number of carbonyl (C=O) groups is 1. The number of halogens is 1. The normalized spacial score (nSPS) is 14.7. The summed E-state index contributed by atoms with van der Waals surface area (Å²) in [5.41, 5.74) is 1.24. The summed E-state index contributed by atoms with van der Waals surface area (Å²) < 4.78 is 13.0. The highest BCUT2D eigenvalue weighted by atomic mass is 19.1. The lowest BCUT2D eigenvalue weighted by Crippen LogP contribution is -2.47. The van der Waals surface area contributed by atoms with Crippen molar-refractivity contribution in [2.45, 2.75) is 6.42 Å². The smallest absolute Gasteiger partial charge is 0.270 e. The van der Waals surface area contributed by atoms with Crippen LogP contribution in [0, 0.1) is 15.9 Å². The Morgan fingerprint density at radius 3 is 2.50 bits per heavy atom. The molecule has 28 heavy (non-hydrogen) atoms. The van der Waals surface area contributed by atoms with Gasteiger partial charge in [-0.3, -0.25) is 19.8 Å². The van der Waals surface area contributed by atoms with Crippen molar-refractivity contribution in [3.05, 3.63) is 70.0 Å². The number of amides is 1. The van der Waals surface area contributed by atoms with Crippen LogP contribution in [-0.4, -0.2) is 55.0 Å². The van der Waals surface area contributed by atoms with Gasteiger partial charge < -0.3 is 10.2 Å². The van der Waals surface area contributed by atoms with Crippen molar-refractivity contribution in [2.24, 2.45) is 0 Å². The molecule has 3 rings (SSSR count). The molecule has 1 fully saturated rings. The zero-order valence-corrected chi connectivity index (χ0v) is 15.5. The Morgan fingerprint density at radius 2 is 1.82 bits per heavy atom. The number of carbonyl (C=O) groups excluding carboxylic acids is 1. The van der Waals surface area contributed by atoms with Crippen molar-refractivity contribution in [3.63, 3.8) is 0 Å². The predicted molar refractivity (Wildman–Crippen MR) is 105 cm³/mol. The average Bonchev–Trinajstić information content (AvgIpc) is 2.72. The van der Waals surface area contributed by atoms with E-state index >= 15 is 0 Å². The number of anilines is 1. The summed E-state index contributed by atoms with van der Waals surface area (Å²) >= 11 is 0. The summed E-state index contributed by atoms with van der Waals surface area (Å²) in [5, 5.41) is 13.6. The van der Waals surface area contributed by atoms with Gasteiger partial charge in [0, 0.05) is 56.1 Å². The minimum Gasteiger partial charge on any atom is -0.369 e. The lowest BCUT2D eigenvalue weighted by Gasteiger charge is -2.36. The van der Waals surface area contributed by atoms with E-state index in [0.717, 1.165) is 44.8 Å². The molecule has 0 saturated carbocycles. The zero-order valence-electron chi connectivity index (χ0n) is 15.5. The lowest BCUT2D eigenvalue weighted by atomic mass is 10.2. The molecule has 8 heteroatoms. The number of rotatable bonds is 7. The summed E-state index contributed by atoms with van der Waals surface area (Å²) in [6.07, 6.45) is 0.803. The first-order chi connectivity index (χ1) is 13.5. The third kappa shape index (κ3) is 5.26. The minimum atomic E-state index is -0.512. The first kappa shape index (κ1) is 19.8. The minimum absolute atomic E-state index is 0.0910. The second-order valence-electron chi connectivity index (χ2n) is 6.72. The number of nitrogens with zero attached hydrogens (tertiary/aromatic N) is 3. The maximum Gasteiger partial charge on any atom is 0.270 e. The molecule has 1 saturated heterocycles. The molecular weight excluding hydrogens is 363 g/mol. The van der Waals surface area contributed by atoms with Crippen molar-refractivity contribution in [1.82, 2.24) is 10.2 Å². The Morgan fingerprint density at radius 1 is 1.11 bits per heavy atom. The van der Waals surface area contributed by atoms with Crippen LogP contribution in [0.15, 0.2) is 48.5 Å². The molecule has 0 radical (unpaired) electrons. The highest BCUT2D eigenvalue weighted by Crippen LogP contribution is 2.17. The van der Waals surface area contributed by atoms with Crippen LogP contribution in [0.5, 0.6) is 0 Å². The first-order valence-corrected chi connectivity index (χ1v) is 9.28. The van der Waals surface area contributed by atoms with Gasteiger partial charge in [0.2, 0.25) is 0 Å². The van der Waals surface area contributed by atoms with Crippen molar-refractivity contribution in [2.75, 3.05) is 44.2 Å². The summed E-state index contributed by atoms with van der Waals surface area (Å²) in [6, 6.07) is 12.3. The molecule has 1 aliphatic rings. The van der Waals surface area contributed by atoms with Crippen LogP contribution >= 0.6 is 0 Å². The van der Waals surface area contributed by atoms with E-state index < -0.39 is 4.92 Å². The molecule has 2 aromatic carbocycles. The number of benzene rings is 2. The standard InChI is InChI=1S/C20H23FN4O3/c21-17-5-7-18(8-6-17)24-13-11-23(12-14-24)10-2-9-22-20(26)16-3-1-4-19(15-16)25(27)28/h1,3-8,15H,2,9-14H2,(H,22,26). The number of nitrogens with one attached hydrogen (secondary N) is 1. The molecule has 148 valence electrons. The van der Waals surface area contributed by atoms with E-state index in [1.54, 1.807) is 18.2 Å². The number of hydrogen-bond donors (Lipinski definition) is 1. The van der Waals surface area contributed by atoms with E-state index in [0.29, 0.717) is 12.1 Å². The van der Waals surface area contributed by atoms with E-state index in [-0.39, 0.29) is 17.4 Å². The van der Waals surface area contributed by atoms with Gasteiger partial charge in [-0.25, -0.2) is 4.39 Å². The van der Waals surface area contributed by atoms with Crippen molar-refractivity contribution < 1.29 is 14.1 Å². The Labute approximate surface area is 162 Å². The molecule has 0 aliphatic carbocycles. The van der Waals surface area contributed by atoms with Gasteiger partial charge in [-0.05, 0) is 43.3 Å². The molecule has 1 heterocycles. The van der Waals surface area contributed by atoms with E-state index in [2.05, 4.69) is 15.1 Å². The van der Waals surface area contributed by atoms with Gasteiger partial charge in [0.1, 0.15) is 5.82 Å². The van der Waals surface area contributed by atoms with E-state index in [9.17, 15) is 19.3 Å². The predicted octanol–water partition coefficient (Wildman–Crippen LogP) is 2.68. The van der Waals surface area contributed by atoms with Crippen LogP contribution in [0.25, 0.3) is 0 Å². The summed E-state index contributed by atoms with van der Waals surface area (Å²) in [6.45, 7) is 4.97. The highest BCUT2D eigenvalue weighted by molar-refractivity contribution is 5.94. The van der Waals surface area contributed by atoms with Gasteiger partial charge in [-0.15, -0.1) is 0 Å². The maximum absolute atomic E-state index is 13.0. The molecule has 2 aromatic rings. The summed E-state index contributed by atoms with van der Waals surface area (Å²) in [5.74, 6) is -0.528. The van der Waals surface area contributed by atoms with Crippen molar-refractivity contribution in [1.29, 1.82) is 0 Å². The molecule has 0 bridgehead atoms.